The minimum Gasteiger partial charge on any atom is -0.426 e. The number of carbonyl (C=O) groups is 1. The average Bonchev–Trinajstić information content (AvgIpc) is 2.59. The highest BCUT2D eigenvalue weighted by Gasteiger charge is 2.20. The van der Waals surface area contributed by atoms with Crippen LogP contribution in [0.4, 0.5) is 0 Å². The normalized spacial score (nSPS) is 20.1. The lowest BCUT2D eigenvalue weighted by atomic mass is 9.86. The van der Waals surface area contributed by atoms with Gasteiger partial charge in [0.05, 0.1) is 12.8 Å². The van der Waals surface area contributed by atoms with Crippen molar-refractivity contribution in [3.05, 3.63) is 29.3 Å². The van der Waals surface area contributed by atoms with Crippen LogP contribution in [0.25, 0.3) is 0 Å². The Labute approximate surface area is 159 Å². The van der Waals surface area contributed by atoms with Gasteiger partial charge < -0.3 is 10.1 Å². The molecule has 0 bridgehead atoms. The fourth-order valence-corrected chi connectivity index (χ4v) is 3.06. The zero-order valence-corrected chi connectivity index (χ0v) is 16.1. The molecule has 6 nitrogen and oxygen atoms in total. The van der Waals surface area contributed by atoms with E-state index in [1.807, 2.05) is 0 Å². The van der Waals surface area contributed by atoms with Crippen molar-refractivity contribution in [2.24, 2.45) is 5.92 Å². The van der Waals surface area contributed by atoms with Crippen LogP contribution < -0.4 is 10.1 Å². The first-order chi connectivity index (χ1) is 12.3. The van der Waals surface area contributed by atoms with E-state index in [4.69, 9.17) is 16.3 Å². The third-order valence-corrected chi connectivity index (χ3v) is 4.76. The zero-order valence-electron chi connectivity index (χ0n) is 14.5. The molecule has 1 N–H and O–H groups in total. The lowest BCUT2D eigenvalue weighted by Gasteiger charge is -2.26. The van der Waals surface area contributed by atoms with Crippen molar-refractivity contribution in [2.75, 3.05) is 19.4 Å². The number of hydrogen-bond acceptors (Lipinski definition) is 6. The molecule has 8 heteroatoms. The Balaban J connectivity index is 1.65. The van der Waals surface area contributed by atoms with Crippen molar-refractivity contribution in [1.29, 1.82) is 0 Å². The summed E-state index contributed by atoms with van der Waals surface area (Å²) in [6.45, 7) is 0.0411. The largest absolute Gasteiger partial charge is 0.426 e. The summed E-state index contributed by atoms with van der Waals surface area (Å²) in [4.78, 5) is 11.9. The second-order valence-corrected chi connectivity index (χ2v) is 8.23. The summed E-state index contributed by atoms with van der Waals surface area (Å²) in [6, 6.07) is 6.88. The van der Waals surface area contributed by atoms with Crippen molar-refractivity contribution in [2.45, 2.75) is 31.7 Å². The molecule has 0 saturated heterocycles. The molecule has 0 aromatic heterocycles. The fourth-order valence-electron chi connectivity index (χ4n) is 2.66. The molecule has 1 fully saturated rings. The summed E-state index contributed by atoms with van der Waals surface area (Å²) in [7, 11) is -3.44. The number of benzene rings is 1. The number of esters is 1. The van der Waals surface area contributed by atoms with Crippen LogP contribution in [0.5, 0.6) is 5.75 Å². The van der Waals surface area contributed by atoms with E-state index in [9.17, 15) is 13.2 Å². The van der Waals surface area contributed by atoms with Crippen molar-refractivity contribution in [3.8, 4) is 17.6 Å². The van der Waals surface area contributed by atoms with Gasteiger partial charge in [-0.25, -0.2) is 0 Å². The lowest BCUT2D eigenvalue weighted by molar-refractivity contribution is -0.133. The minimum absolute atomic E-state index is 0.104. The molecule has 1 saturated carbocycles. The molecule has 0 spiro atoms. The Hall–Kier alpha value is -1.59. The van der Waals surface area contributed by atoms with Gasteiger partial charge in [0.2, 0.25) is 0 Å². The van der Waals surface area contributed by atoms with E-state index in [1.165, 1.54) is 0 Å². The highest BCUT2D eigenvalue weighted by molar-refractivity contribution is 7.86. The summed E-state index contributed by atoms with van der Waals surface area (Å²) < 4.78 is 31.5. The highest BCUT2D eigenvalue weighted by Crippen LogP contribution is 2.23. The number of rotatable bonds is 6. The number of ether oxygens (including phenoxy) is 1. The second-order valence-electron chi connectivity index (χ2n) is 6.14. The average molecular weight is 400 g/mol. The molecule has 0 unspecified atom stereocenters. The smallest absolute Gasteiger partial charge is 0.325 e. The third-order valence-electron chi connectivity index (χ3n) is 3.96. The summed E-state index contributed by atoms with van der Waals surface area (Å²) in [5.74, 6) is 6.16. The molecule has 2 rings (SSSR count). The number of hydrogen-bond donors (Lipinski definition) is 1. The van der Waals surface area contributed by atoms with E-state index in [0.29, 0.717) is 10.8 Å². The molecule has 0 heterocycles. The predicted molar refractivity (Wildman–Crippen MR) is 99.4 cm³/mol. The molecule has 26 heavy (non-hydrogen) atoms. The zero-order chi connectivity index (χ0) is 19.0. The van der Waals surface area contributed by atoms with Gasteiger partial charge in [0.1, 0.15) is 12.4 Å². The van der Waals surface area contributed by atoms with Crippen LogP contribution in [-0.2, 0) is 19.1 Å². The standard InChI is InChI=1S/C18H22ClNO5S/c1-26(22,23)24-12-2-3-14-4-8-16(9-5-14)20-13-18(21)25-17-10-6-15(19)7-11-17/h6-7,10-11,14,16,20H,4-5,8-9,12-13H2,1H3. The van der Waals surface area contributed by atoms with E-state index in [2.05, 4.69) is 21.3 Å². The van der Waals surface area contributed by atoms with Gasteiger partial charge in [-0.05, 0) is 49.9 Å². The maximum atomic E-state index is 11.9. The van der Waals surface area contributed by atoms with Crippen LogP contribution in [0, 0.1) is 17.8 Å². The van der Waals surface area contributed by atoms with Crippen molar-refractivity contribution in [1.82, 2.24) is 5.32 Å². The van der Waals surface area contributed by atoms with E-state index < -0.39 is 10.1 Å². The summed E-state index contributed by atoms with van der Waals surface area (Å²) in [6.07, 6.45) is 4.61. The van der Waals surface area contributed by atoms with Gasteiger partial charge in [-0.1, -0.05) is 23.4 Å². The summed E-state index contributed by atoms with van der Waals surface area (Å²) in [5.41, 5.74) is 0. The second kappa shape index (κ2) is 9.93. The molecule has 1 aromatic carbocycles. The fraction of sp³-hybridized carbons (Fsp3) is 0.500. The Kier molecular flexibility index (Phi) is 7.91. The van der Waals surface area contributed by atoms with E-state index in [1.54, 1.807) is 24.3 Å². The molecule has 1 aliphatic carbocycles. The predicted octanol–water partition coefficient (Wildman–Crippen LogP) is 2.37. The molecule has 1 aliphatic rings. The van der Waals surface area contributed by atoms with E-state index in [0.717, 1.165) is 31.9 Å². The highest BCUT2D eigenvalue weighted by atomic mass is 35.5. The molecular weight excluding hydrogens is 378 g/mol. The summed E-state index contributed by atoms with van der Waals surface area (Å²) >= 11 is 5.79. The molecular formula is C18H22ClNO5S. The Morgan fingerprint density at radius 3 is 2.50 bits per heavy atom. The van der Waals surface area contributed by atoms with Gasteiger partial charge in [0, 0.05) is 17.0 Å². The molecule has 0 radical (unpaired) electrons. The Morgan fingerprint density at radius 2 is 1.88 bits per heavy atom. The Morgan fingerprint density at radius 1 is 1.23 bits per heavy atom. The minimum atomic E-state index is -3.44. The molecule has 1 aromatic rings. The number of carbonyl (C=O) groups excluding carboxylic acids is 1. The number of halogens is 1. The maximum absolute atomic E-state index is 11.9. The van der Waals surface area contributed by atoms with Gasteiger partial charge in [0.15, 0.2) is 0 Å². The van der Waals surface area contributed by atoms with Crippen molar-refractivity contribution >= 4 is 27.7 Å². The van der Waals surface area contributed by atoms with Crippen LogP contribution >= 0.6 is 11.6 Å². The monoisotopic (exact) mass is 399 g/mol. The first kappa shape index (κ1) is 20.7. The third kappa shape index (κ3) is 8.19. The van der Waals surface area contributed by atoms with Gasteiger partial charge in [-0.2, -0.15) is 8.42 Å². The van der Waals surface area contributed by atoms with Crippen LogP contribution in [0.3, 0.4) is 0 Å². The molecule has 0 aliphatic heterocycles. The maximum Gasteiger partial charge on any atom is 0.325 e. The van der Waals surface area contributed by atoms with Gasteiger partial charge in [0.25, 0.3) is 10.1 Å². The number of nitrogens with one attached hydrogen (secondary N) is 1. The van der Waals surface area contributed by atoms with Crippen LogP contribution in [0.2, 0.25) is 5.02 Å². The molecule has 0 atom stereocenters. The first-order valence-corrected chi connectivity index (χ1v) is 10.5. The van der Waals surface area contributed by atoms with Gasteiger partial charge in [-0.3, -0.25) is 8.98 Å². The molecule has 142 valence electrons. The van der Waals surface area contributed by atoms with Crippen LogP contribution in [0.15, 0.2) is 24.3 Å². The van der Waals surface area contributed by atoms with Gasteiger partial charge >= 0.3 is 5.97 Å². The van der Waals surface area contributed by atoms with Crippen LogP contribution in [0.1, 0.15) is 25.7 Å². The Bertz CT molecular complexity index is 759. The topological polar surface area (TPSA) is 81.7 Å². The van der Waals surface area contributed by atoms with Gasteiger partial charge in [-0.15, -0.1) is 0 Å². The van der Waals surface area contributed by atoms with E-state index >= 15 is 0 Å². The quantitative estimate of drug-likeness (QED) is 0.342. The summed E-state index contributed by atoms with van der Waals surface area (Å²) in [5, 5.41) is 3.80. The SMILES string of the molecule is CS(=O)(=O)OCC#CC1CCC(NCC(=O)Oc2ccc(Cl)cc2)CC1. The van der Waals surface area contributed by atoms with Crippen LogP contribution in [-0.4, -0.2) is 39.8 Å². The van der Waals surface area contributed by atoms with Crippen molar-refractivity contribution in [3.63, 3.8) is 0 Å². The van der Waals surface area contributed by atoms with Crippen molar-refractivity contribution < 1.29 is 22.1 Å². The lowest BCUT2D eigenvalue weighted by Crippen LogP contribution is -2.37. The first-order valence-electron chi connectivity index (χ1n) is 8.34. The molecule has 0 amide bonds. The van der Waals surface area contributed by atoms with E-state index in [-0.39, 0.29) is 31.1 Å².